The summed E-state index contributed by atoms with van der Waals surface area (Å²) >= 11 is 3.44. The van der Waals surface area contributed by atoms with Crippen LogP contribution in [0.3, 0.4) is 0 Å². The predicted octanol–water partition coefficient (Wildman–Crippen LogP) is 4.03. The Kier molecular flexibility index (Phi) is 3.97. The minimum atomic E-state index is -0.438. The van der Waals surface area contributed by atoms with E-state index in [1.165, 1.54) is 0 Å². The van der Waals surface area contributed by atoms with Crippen LogP contribution in [0.4, 0.5) is 0 Å². The molecule has 108 valence electrons. The molecule has 0 radical (unpaired) electrons. The molecule has 4 heteroatoms. The summed E-state index contributed by atoms with van der Waals surface area (Å²) in [6.45, 7) is 2.52. The molecule has 0 aliphatic carbocycles. The Morgan fingerprint density at radius 2 is 2.14 bits per heavy atom. The summed E-state index contributed by atoms with van der Waals surface area (Å²) in [4.78, 5) is 12.6. The lowest BCUT2D eigenvalue weighted by atomic mass is 10.0. The van der Waals surface area contributed by atoms with Crippen LogP contribution in [0.25, 0.3) is 0 Å². The second kappa shape index (κ2) is 5.90. The van der Waals surface area contributed by atoms with Crippen molar-refractivity contribution < 1.29 is 14.3 Å². The van der Waals surface area contributed by atoms with Gasteiger partial charge in [-0.1, -0.05) is 18.2 Å². The van der Waals surface area contributed by atoms with Crippen LogP contribution < -0.4 is 9.47 Å². The molecule has 1 aliphatic rings. The average Bonchev–Trinajstić information content (AvgIpc) is 2.92. The number of para-hydroxylation sites is 1. The molecule has 3 rings (SSSR count). The van der Waals surface area contributed by atoms with Gasteiger partial charge in [0.05, 0.1) is 11.1 Å². The molecule has 2 aromatic carbocycles. The lowest BCUT2D eigenvalue weighted by Crippen LogP contribution is -2.25. The van der Waals surface area contributed by atoms with Gasteiger partial charge in [0.15, 0.2) is 6.10 Å². The number of fused-ring (bicyclic) bond motifs is 1. The summed E-state index contributed by atoms with van der Waals surface area (Å²) < 4.78 is 12.0. The fourth-order valence-corrected chi connectivity index (χ4v) is 2.93. The Hall–Kier alpha value is -1.81. The van der Waals surface area contributed by atoms with Crippen molar-refractivity contribution in [3.8, 4) is 11.5 Å². The van der Waals surface area contributed by atoms with Gasteiger partial charge in [0.25, 0.3) is 0 Å². The van der Waals surface area contributed by atoms with Crippen molar-refractivity contribution in [3.05, 3.63) is 58.1 Å². The SMILES string of the molecule is CCOc1ccc(C(=O)C2Cc3ccccc3O2)cc1Br. The van der Waals surface area contributed by atoms with Crippen LogP contribution in [-0.4, -0.2) is 18.5 Å². The number of hydrogen-bond acceptors (Lipinski definition) is 3. The Labute approximate surface area is 132 Å². The van der Waals surface area contributed by atoms with Gasteiger partial charge in [-0.3, -0.25) is 4.79 Å². The number of hydrogen-bond donors (Lipinski definition) is 0. The van der Waals surface area contributed by atoms with Crippen molar-refractivity contribution in [2.45, 2.75) is 19.4 Å². The minimum Gasteiger partial charge on any atom is -0.493 e. The molecule has 1 unspecified atom stereocenters. The van der Waals surface area contributed by atoms with E-state index < -0.39 is 6.10 Å². The zero-order valence-electron chi connectivity index (χ0n) is 11.6. The van der Waals surface area contributed by atoms with Crippen molar-refractivity contribution in [1.82, 2.24) is 0 Å². The Morgan fingerprint density at radius 1 is 1.33 bits per heavy atom. The lowest BCUT2D eigenvalue weighted by Gasteiger charge is -2.11. The molecule has 3 nitrogen and oxygen atoms in total. The molecule has 2 aromatic rings. The van der Waals surface area contributed by atoms with Crippen LogP contribution in [0.5, 0.6) is 11.5 Å². The zero-order chi connectivity index (χ0) is 14.8. The van der Waals surface area contributed by atoms with Gasteiger partial charge in [-0.25, -0.2) is 0 Å². The molecule has 0 N–H and O–H groups in total. The van der Waals surface area contributed by atoms with Crippen LogP contribution in [0, 0.1) is 0 Å². The molecule has 0 saturated carbocycles. The van der Waals surface area contributed by atoms with Gasteiger partial charge in [-0.05, 0) is 52.7 Å². The van der Waals surface area contributed by atoms with E-state index in [0.717, 1.165) is 21.5 Å². The predicted molar refractivity (Wildman–Crippen MR) is 84.2 cm³/mol. The van der Waals surface area contributed by atoms with Gasteiger partial charge in [-0.2, -0.15) is 0 Å². The van der Waals surface area contributed by atoms with Gasteiger partial charge >= 0.3 is 0 Å². The first-order valence-corrected chi connectivity index (χ1v) is 7.69. The van der Waals surface area contributed by atoms with E-state index in [1.54, 1.807) is 12.1 Å². The fourth-order valence-electron chi connectivity index (χ4n) is 2.44. The molecule has 1 heterocycles. The van der Waals surface area contributed by atoms with E-state index in [4.69, 9.17) is 9.47 Å². The van der Waals surface area contributed by atoms with E-state index in [9.17, 15) is 4.79 Å². The molecule has 0 fully saturated rings. The maximum atomic E-state index is 12.6. The maximum absolute atomic E-state index is 12.6. The summed E-state index contributed by atoms with van der Waals surface area (Å²) in [6, 6.07) is 13.2. The highest BCUT2D eigenvalue weighted by atomic mass is 79.9. The van der Waals surface area contributed by atoms with Gasteiger partial charge in [0.1, 0.15) is 11.5 Å². The summed E-state index contributed by atoms with van der Waals surface area (Å²) in [7, 11) is 0. The Morgan fingerprint density at radius 3 is 2.86 bits per heavy atom. The number of halogens is 1. The van der Waals surface area contributed by atoms with Crippen molar-refractivity contribution in [3.63, 3.8) is 0 Å². The van der Waals surface area contributed by atoms with Crippen LogP contribution in [-0.2, 0) is 6.42 Å². The lowest BCUT2D eigenvalue weighted by molar-refractivity contribution is 0.0824. The van der Waals surface area contributed by atoms with E-state index in [1.807, 2.05) is 37.3 Å². The van der Waals surface area contributed by atoms with Crippen molar-refractivity contribution >= 4 is 21.7 Å². The third-order valence-corrected chi connectivity index (χ3v) is 4.08. The standard InChI is InChI=1S/C17H15BrO3/c1-2-20-15-8-7-12(9-13(15)18)17(19)16-10-11-5-3-4-6-14(11)21-16/h3-9,16H,2,10H2,1H3. The normalized spacial score (nSPS) is 16.2. The third kappa shape index (κ3) is 2.81. The summed E-state index contributed by atoms with van der Waals surface area (Å²) in [5.74, 6) is 1.54. The van der Waals surface area contributed by atoms with Gasteiger partial charge in [0.2, 0.25) is 5.78 Å². The van der Waals surface area contributed by atoms with Crippen LogP contribution >= 0.6 is 15.9 Å². The van der Waals surface area contributed by atoms with Crippen molar-refractivity contribution in [2.24, 2.45) is 0 Å². The molecule has 0 amide bonds. The van der Waals surface area contributed by atoms with Gasteiger partial charge in [0, 0.05) is 12.0 Å². The van der Waals surface area contributed by atoms with E-state index >= 15 is 0 Å². The van der Waals surface area contributed by atoms with Crippen molar-refractivity contribution in [1.29, 1.82) is 0 Å². The van der Waals surface area contributed by atoms with Gasteiger partial charge < -0.3 is 9.47 Å². The molecule has 0 bridgehead atoms. The quantitative estimate of drug-likeness (QED) is 0.784. The number of Topliss-reactive ketones (excluding diaryl/α,β-unsaturated/α-hetero) is 1. The van der Waals surface area contributed by atoms with Crippen LogP contribution in [0.2, 0.25) is 0 Å². The molecule has 0 saturated heterocycles. The smallest absolute Gasteiger partial charge is 0.203 e. The largest absolute Gasteiger partial charge is 0.493 e. The van der Waals surface area contributed by atoms with Crippen LogP contribution in [0.1, 0.15) is 22.8 Å². The average molecular weight is 347 g/mol. The van der Waals surface area contributed by atoms with E-state index in [0.29, 0.717) is 18.6 Å². The summed E-state index contributed by atoms with van der Waals surface area (Å²) in [6.07, 6.45) is 0.187. The highest BCUT2D eigenvalue weighted by Gasteiger charge is 2.29. The second-order valence-corrected chi connectivity index (χ2v) is 5.72. The molecule has 1 aliphatic heterocycles. The Balaban J connectivity index is 1.79. The highest BCUT2D eigenvalue weighted by Crippen LogP contribution is 2.31. The van der Waals surface area contributed by atoms with Crippen molar-refractivity contribution in [2.75, 3.05) is 6.61 Å². The number of carbonyl (C=O) groups is 1. The first-order chi connectivity index (χ1) is 10.2. The number of ketones is 1. The Bertz CT molecular complexity index is 656. The number of carbonyl (C=O) groups excluding carboxylic acids is 1. The van der Waals surface area contributed by atoms with E-state index in [-0.39, 0.29) is 5.78 Å². The molecule has 21 heavy (non-hydrogen) atoms. The van der Waals surface area contributed by atoms with Gasteiger partial charge in [-0.15, -0.1) is 0 Å². The zero-order valence-corrected chi connectivity index (χ0v) is 13.2. The highest BCUT2D eigenvalue weighted by molar-refractivity contribution is 9.10. The topological polar surface area (TPSA) is 35.5 Å². The first-order valence-electron chi connectivity index (χ1n) is 6.90. The van der Waals surface area contributed by atoms with Crippen LogP contribution in [0.15, 0.2) is 46.9 Å². The monoisotopic (exact) mass is 346 g/mol. The summed E-state index contributed by atoms with van der Waals surface area (Å²) in [5, 5.41) is 0. The first kappa shape index (κ1) is 14.1. The van der Waals surface area contributed by atoms with E-state index in [2.05, 4.69) is 15.9 Å². The number of benzene rings is 2. The summed E-state index contributed by atoms with van der Waals surface area (Å²) in [5.41, 5.74) is 1.71. The fraction of sp³-hybridized carbons (Fsp3) is 0.235. The molecule has 1 atom stereocenters. The second-order valence-electron chi connectivity index (χ2n) is 4.86. The third-order valence-electron chi connectivity index (χ3n) is 3.46. The molecular weight excluding hydrogens is 332 g/mol. The molecular formula is C17H15BrO3. The minimum absolute atomic E-state index is 0.00468. The number of ether oxygens (including phenoxy) is 2. The number of rotatable bonds is 4. The maximum Gasteiger partial charge on any atom is 0.203 e. The molecule has 0 spiro atoms. The molecule has 0 aromatic heterocycles.